The quantitative estimate of drug-likeness (QED) is 0.350. The summed E-state index contributed by atoms with van der Waals surface area (Å²) in [5.41, 5.74) is 0.869. The summed E-state index contributed by atoms with van der Waals surface area (Å²) in [5, 5.41) is 0. The molecule has 0 saturated heterocycles. The van der Waals surface area contributed by atoms with Crippen molar-refractivity contribution in [2.45, 2.75) is 39.0 Å². The Morgan fingerprint density at radius 1 is 0.960 bits per heavy atom. The minimum Gasteiger partial charge on any atom is -0.463 e. The van der Waals surface area contributed by atoms with Gasteiger partial charge >= 0.3 is 5.97 Å². The smallest absolute Gasteiger partial charge is 0.305 e. The molecule has 0 aliphatic carbocycles. The van der Waals surface area contributed by atoms with E-state index in [4.69, 9.17) is 9.47 Å². The first kappa shape index (κ1) is 19.1. The minimum atomic E-state index is -0.289. The number of fused-ring (bicyclic) bond motifs is 1. The van der Waals surface area contributed by atoms with Crippen molar-refractivity contribution < 1.29 is 23.9 Å². The number of carbonyl (C=O) groups excluding carboxylic acids is 3. The average molecular weight is 347 g/mol. The maximum atomic E-state index is 12.1. The fourth-order valence-electron chi connectivity index (χ4n) is 2.68. The highest BCUT2D eigenvalue weighted by Gasteiger charge is 2.34. The van der Waals surface area contributed by atoms with Gasteiger partial charge in [0.15, 0.2) is 0 Å². The number of hydrogen-bond donors (Lipinski definition) is 0. The molecular weight excluding hydrogens is 322 g/mol. The van der Waals surface area contributed by atoms with Gasteiger partial charge < -0.3 is 9.47 Å². The Labute approximate surface area is 148 Å². The standard InChI is InChI=1S/C19H25NO5/c1-2-3-4-5-10-17(21)25-14-13-24-12-11-20-18(22)15-8-6-7-9-16(15)19(20)23/h6-9H,2-5,10-14H2,1H3. The van der Waals surface area contributed by atoms with Gasteiger partial charge in [-0.2, -0.15) is 0 Å². The topological polar surface area (TPSA) is 72.9 Å². The van der Waals surface area contributed by atoms with E-state index in [1.165, 1.54) is 4.90 Å². The van der Waals surface area contributed by atoms with Gasteiger partial charge in [-0.15, -0.1) is 0 Å². The van der Waals surface area contributed by atoms with Crippen LogP contribution in [0.1, 0.15) is 59.7 Å². The molecule has 0 unspecified atom stereocenters. The SMILES string of the molecule is CCCCCCC(=O)OCCOCCN1C(=O)c2ccccc2C1=O. The Morgan fingerprint density at radius 2 is 1.64 bits per heavy atom. The molecule has 2 rings (SSSR count). The number of imide groups is 1. The van der Waals surface area contributed by atoms with Gasteiger partial charge in [0.25, 0.3) is 11.8 Å². The number of rotatable bonds is 11. The second-order valence-electron chi connectivity index (χ2n) is 5.95. The maximum Gasteiger partial charge on any atom is 0.305 e. The zero-order chi connectivity index (χ0) is 18.1. The molecule has 0 radical (unpaired) electrons. The molecule has 6 nitrogen and oxygen atoms in total. The van der Waals surface area contributed by atoms with E-state index in [1.807, 2.05) is 0 Å². The molecule has 0 saturated carbocycles. The summed E-state index contributed by atoms with van der Waals surface area (Å²) in [6.45, 7) is 2.98. The predicted octanol–water partition coefficient (Wildman–Crippen LogP) is 2.81. The normalized spacial score (nSPS) is 13.2. The number of benzene rings is 1. The lowest BCUT2D eigenvalue weighted by atomic mass is 10.1. The molecule has 25 heavy (non-hydrogen) atoms. The summed E-state index contributed by atoms with van der Waals surface area (Å²) in [6.07, 6.45) is 4.61. The summed E-state index contributed by atoms with van der Waals surface area (Å²) in [4.78, 5) is 37.0. The first-order chi connectivity index (χ1) is 12.1. The summed E-state index contributed by atoms with van der Waals surface area (Å²) in [7, 11) is 0. The Hall–Kier alpha value is -2.21. The first-order valence-electron chi connectivity index (χ1n) is 8.83. The third-order valence-electron chi connectivity index (χ3n) is 4.06. The number of amides is 2. The van der Waals surface area contributed by atoms with Crippen LogP contribution in [0.15, 0.2) is 24.3 Å². The highest BCUT2D eigenvalue weighted by atomic mass is 16.6. The molecule has 1 aromatic carbocycles. The van der Waals surface area contributed by atoms with Crippen molar-refractivity contribution in [2.24, 2.45) is 0 Å². The summed E-state index contributed by atoms with van der Waals surface area (Å²) < 4.78 is 10.4. The van der Waals surface area contributed by atoms with Gasteiger partial charge in [0.2, 0.25) is 0 Å². The molecule has 6 heteroatoms. The largest absolute Gasteiger partial charge is 0.463 e. The molecule has 0 N–H and O–H groups in total. The Bertz CT molecular complexity index is 579. The molecule has 0 fully saturated rings. The lowest BCUT2D eigenvalue weighted by molar-refractivity contribution is -0.145. The van der Waals surface area contributed by atoms with Crippen LogP contribution >= 0.6 is 0 Å². The van der Waals surface area contributed by atoms with Crippen molar-refractivity contribution >= 4 is 17.8 Å². The van der Waals surface area contributed by atoms with E-state index in [-0.39, 0.29) is 44.1 Å². The number of unbranched alkanes of at least 4 members (excludes halogenated alkanes) is 3. The molecule has 1 aliphatic heterocycles. The van der Waals surface area contributed by atoms with E-state index in [0.29, 0.717) is 17.5 Å². The molecule has 1 aliphatic rings. The van der Waals surface area contributed by atoms with Gasteiger partial charge in [0.05, 0.1) is 30.9 Å². The van der Waals surface area contributed by atoms with Crippen molar-refractivity contribution in [2.75, 3.05) is 26.4 Å². The van der Waals surface area contributed by atoms with Crippen LogP contribution in [0.4, 0.5) is 0 Å². The fraction of sp³-hybridized carbons (Fsp3) is 0.526. The van der Waals surface area contributed by atoms with Crippen LogP contribution in [-0.4, -0.2) is 49.0 Å². The van der Waals surface area contributed by atoms with Crippen LogP contribution in [0.3, 0.4) is 0 Å². The van der Waals surface area contributed by atoms with E-state index in [0.717, 1.165) is 25.7 Å². The van der Waals surface area contributed by atoms with Gasteiger partial charge in [-0.3, -0.25) is 19.3 Å². The maximum absolute atomic E-state index is 12.1. The van der Waals surface area contributed by atoms with Crippen LogP contribution in [0.5, 0.6) is 0 Å². The summed E-state index contributed by atoms with van der Waals surface area (Å²) in [6, 6.07) is 6.77. The molecule has 136 valence electrons. The van der Waals surface area contributed by atoms with Gasteiger partial charge in [0, 0.05) is 6.42 Å². The van der Waals surface area contributed by atoms with E-state index in [2.05, 4.69) is 6.92 Å². The summed E-state index contributed by atoms with van der Waals surface area (Å²) in [5.74, 6) is -0.787. The van der Waals surface area contributed by atoms with E-state index >= 15 is 0 Å². The third kappa shape index (κ3) is 5.39. The average Bonchev–Trinajstić information content (AvgIpc) is 2.86. The fourth-order valence-corrected chi connectivity index (χ4v) is 2.68. The summed E-state index contributed by atoms with van der Waals surface area (Å²) >= 11 is 0. The molecular formula is C19H25NO5. The second-order valence-corrected chi connectivity index (χ2v) is 5.95. The van der Waals surface area contributed by atoms with E-state index in [1.54, 1.807) is 24.3 Å². The number of hydrogen-bond acceptors (Lipinski definition) is 5. The van der Waals surface area contributed by atoms with Crippen molar-refractivity contribution in [3.63, 3.8) is 0 Å². The lowest BCUT2D eigenvalue weighted by Gasteiger charge is -2.13. The molecule has 0 spiro atoms. The molecule has 1 heterocycles. The zero-order valence-corrected chi connectivity index (χ0v) is 14.7. The second kappa shape index (κ2) is 9.93. The van der Waals surface area contributed by atoms with Crippen LogP contribution < -0.4 is 0 Å². The van der Waals surface area contributed by atoms with E-state index in [9.17, 15) is 14.4 Å². The van der Waals surface area contributed by atoms with Crippen molar-refractivity contribution in [1.29, 1.82) is 0 Å². The van der Waals surface area contributed by atoms with Crippen molar-refractivity contribution in [3.05, 3.63) is 35.4 Å². The number of esters is 1. The van der Waals surface area contributed by atoms with Crippen molar-refractivity contribution in [3.8, 4) is 0 Å². The highest BCUT2D eigenvalue weighted by molar-refractivity contribution is 6.21. The minimum absolute atomic E-state index is 0.189. The third-order valence-corrected chi connectivity index (χ3v) is 4.06. The molecule has 2 amide bonds. The van der Waals surface area contributed by atoms with Gasteiger partial charge in [-0.25, -0.2) is 0 Å². The van der Waals surface area contributed by atoms with Crippen LogP contribution in [-0.2, 0) is 14.3 Å². The Morgan fingerprint density at radius 3 is 2.28 bits per heavy atom. The Kier molecular flexibility index (Phi) is 7.60. The molecule has 0 bridgehead atoms. The first-order valence-corrected chi connectivity index (χ1v) is 8.83. The number of carbonyl (C=O) groups is 3. The predicted molar refractivity (Wildman–Crippen MR) is 92.3 cm³/mol. The van der Waals surface area contributed by atoms with Gasteiger partial charge in [0.1, 0.15) is 6.61 Å². The number of ether oxygens (including phenoxy) is 2. The van der Waals surface area contributed by atoms with E-state index < -0.39 is 0 Å². The van der Waals surface area contributed by atoms with Crippen LogP contribution in [0.2, 0.25) is 0 Å². The molecule has 0 aromatic heterocycles. The van der Waals surface area contributed by atoms with Gasteiger partial charge in [-0.1, -0.05) is 38.3 Å². The molecule has 1 aromatic rings. The number of nitrogens with zero attached hydrogens (tertiary/aromatic N) is 1. The van der Waals surface area contributed by atoms with Crippen LogP contribution in [0, 0.1) is 0 Å². The van der Waals surface area contributed by atoms with Crippen molar-refractivity contribution in [1.82, 2.24) is 4.90 Å². The van der Waals surface area contributed by atoms with Gasteiger partial charge in [-0.05, 0) is 18.6 Å². The van der Waals surface area contributed by atoms with Crippen LogP contribution in [0.25, 0.3) is 0 Å². The molecule has 0 atom stereocenters. The zero-order valence-electron chi connectivity index (χ0n) is 14.7. The highest BCUT2D eigenvalue weighted by Crippen LogP contribution is 2.21. The monoisotopic (exact) mass is 347 g/mol. The lowest BCUT2D eigenvalue weighted by Crippen LogP contribution is -2.33. The Balaban J connectivity index is 1.58.